The highest BCUT2D eigenvalue weighted by Crippen LogP contribution is 2.23. The topological polar surface area (TPSA) is 101 Å². The Kier molecular flexibility index (Phi) is 5.02. The summed E-state index contributed by atoms with van der Waals surface area (Å²) in [6.45, 7) is 3.09. The molecule has 7 heteroatoms. The molecule has 1 fully saturated rings. The molecule has 1 aliphatic heterocycles. The van der Waals surface area contributed by atoms with E-state index in [1.54, 1.807) is 11.2 Å². The number of piperidine rings is 1. The number of benzene rings is 1. The molecule has 3 rings (SSSR count). The highest BCUT2D eigenvalue weighted by Gasteiger charge is 2.24. The van der Waals surface area contributed by atoms with Gasteiger partial charge in [0.2, 0.25) is 11.8 Å². The molecule has 1 unspecified atom stereocenters. The SMILES string of the molecule is Cc1coc(-c2cccc(NC(=O)N3CCCC(CC(N)=O)C3)c2)n1. The van der Waals surface area contributed by atoms with Gasteiger partial charge in [0, 0.05) is 30.8 Å². The van der Waals surface area contributed by atoms with Crippen molar-refractivity contribution in [2.24, 2.45) is 11.7 Å². The third-order valence-electron chi connectivity index (χ3n) is 4.28. The standard InChI is InChI=1S/C18H22N4O3/c1-12-11-25-17(20-12)14-5-2-6-15(9-14)21-18(24)22-7-3-4-13(10-22)8-16(19)23/h2,5-6,9,11,13H,3-4,7-8,10H2,1H3,(H2,19,23)(H,21,24). The summed E-state index contributed by atoms with van der Waals surface area (Å²) < 4.78 is 5.40. The Morgan fingerprint density at radius 1 is 1.44 bits per heavy atom. The van der Waals surface area contributed by atoms with Crippen LogP contribution < -0.4 is 11.1 Å². The predicted molar refractivity (Wildman–Crippen MR) is 93.8 cm³/mol. The molecule has 25 heavy (non-hydrogen) atoms. The van der Waals surface area contributed by atoms with E-state index in [4.69, 9.17) is 10.2 Å². The zero-order valence-corrected chi connectivity index (χ0v) is 14.2. The van der Waals surface area contributed by atoms with Gasteiger partial charge in [0.15, 0.2) is 0 Å². The van der Waals surface area contributed by atoms with Gasteiger partial charge in [0.1, 0.15) is 6.26 Å². The van der Waals surface area contributed by atoms with E-state index in [9.17, 15) is 9.59 Å². The lowest BCUT2D eigenvalue weighted by atomic mass is 9.95. The highest BCUT2D eigenvalue weighted by molar-refractivity contribution is 5.90. The molecule has 2 heterocycles. The van der Waals surface area contributed by atoms with Crippen molar-refractivity contribution in [3.05, 3.63) is 36.2 Å². The summed E-state index contributed by atoms with van der Waals surface area (Å²) in [6.07, 6.45) is 3.71. The van der Waals surface area contributed by atoms with Crippen LogP contribution in [0.25, 0.3) is 11.5 Å². The monoisotopic (exact) mass is 342 g/mol. The number of oxazole rings is 1. The molecule has 1 atom stereocenters. The van der Waals surface area contributed by atoms with Gasteiger partial charge in [-0.1, -0.05) is 6.07 Å². The third-order valence-corrected chi connectivity index (χ3v) is 4.28. The first-order valence-corrected chi connectivity index (χ1v) is 8.38. The first kappa shape index (κ1) is 17.0. The Balaban J connectivity index is 1.65. The number of carbonyl (C=O) groups excluding carboxylic acids is 2. The highest BCUT2D eigenvalue weighted by atomic mass is 16.3. The molecule has 1 aromatic heterocycles. The molecular weight excluding hydrogens is 320 g/mol. The summed E-state index contributed by atoms with van der Waals surface area (Å²) in [5.74, 6) is 0.341. The minimum absolute atomic E-state index is 0.138. The minimum atomic E-state index is -0.318. The summed E-state index contributed by atoms with van der Waals surface area (Å²) in [7, 11) is 0. The second kappa shape index (κ2) is 7.38. The van der Waals surface area contributed by atoms with E-state index in [0.29, 0.717) is 31.1 Å². The fourth-order valence-electron chi connectivity index (χ4n) is 3.12. The van der Waals surface area contributed by atoms with Gasteiger partial charge in [-0.25, -0.2) is 9.78 Å². The van der Waals surface area contributed by atoms with Crippen LogP contribution in [0.1, 0.15) is 25.0 Å². The second-order valence-electron chi connectivity index (χ2n) is 6.43. The summed E-state index contributed by atoms with van der Waals surface area (Å²) in [6, 6.07) is 7.20. The number of carbonyl (C=O) groups is 2. The quantitative estimate of drug-likeness (QED) is 0.892. The number of nitrogens with two attached hydrogens (primary N) is 1. The van der Waals surface area contributed by atoms with Crippen LogP contribution in [0, 0.1) is 12.8 Å². The maximum Gasteiger partial charge on any atom is 0.321 e. The first-order valence-electron chi connectivity index (χ1n) is 8.38. The maximum atomic E-state index is 12.5. The Morgan fingerprint density at radius 3 is 3.00 bits per heavy atom. The number of urea groups is 1. The largest absolute Gasteiger partial charge is 0.444 e. The number of primary amides is 1. The van der Waals surface area contributed by atoms with Crippen LogP contribution >= 0.6 is 0 Å². The lowest BCUT2D eigenvalue weighted by Crippen LogP contribution is -2.43. The molecule has 0 aliphatic carbocycles. The normalized spacial score (nSPS) is 17.3. The van der Waals surface area contributed by atoms with E-state index in [1.165, 1.54) is 0 Å². The predicted octanol–water partition coefficient (Wildman–Crippen LogP) is 2.77. The van der Waals surface area contributed by atoms with E-state index in [0.717, 1.165) is 24.1 Å². The van der Waals surface area contributed by atoms with Crippen LogP contribution in [0.2, 0.25) is 0 Å². The zero-order valence-electron chi connectivity index (χ0n) is 14.2. The van der Waals surface area contributed by atoms with E-state index in [1.807, 2.05) is 31.2 Å². The Labute approximate surface area is 146 Å². The van der Waals surface area contributed by atoms with Gasteiger partial charge in [-0.05, 0) is 43.9 Å². The molecule has 7 nitrogen and oxygen atoms in total. The Morgan fingerprint density at radius 2 is 2.28 bits per heavy atom. The number of aryl methyl sites for hydroxylation is 1. The average Bonchev–Trinajstić information content (AvgIpc) is 3.01. The fraction of sp³-hybridized carbons (Fsp3) is 0.389. The molecule has 0 bridgehead atoms. The van der Waals surface area contributed by atoms with Gasteiger partial charge in [0.05, 0.1) is 5.69 Å². The summed E-state index contributed by atoms with van der Waals surface area (Å²) in [5, 5.41) is 2.90. The van der Waals surface area contributed by atoms with Gasteiger partial charge in [-0.3, -0.25) is 4.79 Å². The van der Waals surface area contributed by atoms with Gasteiger partial charge in [0.25, 0.3) is 0 Å². The lowest BCUT2D eigenvalue weighted by Gasteiger charge is -2.32. The summed E-state index contributed by atoms with van der Waals surface area (Å²) >= 11 is 0. The molecule has 1 aromatic carbocycles. The second-order valence-corrected chi connectivity index (χ2v) is 6.43. The molecule has 3 N–H and O–H groups in total. The number of hydrogen-bond donors (Lipinski definition) is 2. The lowest BCUT2D eigenvalue weighted by molar-refractivity contribution is -0.119. The van der Waals surface area contributed by atoms with Gasteiger partial charge in [-0.2, -0.15) is 0 Å². The number of amides is 3. The van der Waals surface area contributed by atoms with Crippen molar-refractivity contribution in [3.63, 3.8) is 0 Å². The number of nitrogens with one attached hydrogen (secondary N) is 1. The molecule has 3 amide bonds. The van der Waals surface area contributed by atoms with Crippen LogP contribution in [0.4, 0.5) is 10.5 Å². The minimum Gasteiger partial charge on any atom is -0.444 e. The van der Waals surface area contributed by atoms with Crippen molar-refractivity contribution in [3.8, 4) is 11.5 Å². The van der Waals surface area contributed by atoms with Crippen molar-refractivity contribution in [2.45, 2.75) is 26.2 Å². The van der Waals surface area contributed by atoms with Crippen molar-refractivity contribution in [1.82, 2.24) is 9.88 Å². The zero-order chi connectivity index (χ0) is 17.8. The molecule has 1 saturated heterocycles. The Hall–Kier alpha value is -2.83. The maximum absolute atomic E-state index is 12.5. The molecule has 0 radical (unpaired) electrons. The van der Waals surface area contributed by atoms with E-state index >= 15 is 0 Å². The van der Waals surface area contributed by atoms with Crippen molar-refractivity contribution >= 4 is 17.6 Å². The smallest absolute Gasteiger partial charge is 0.321 e. The molecular formula is C18H22N4O3. The molecule has 1 aliphatic rings. The van der Waals surface area contributed by atoms with E-state index in [-0.39, 0.29) is 17.9 Å². The van der Waals surface area contributed by atoms with Crippen molar-refractivity contribution in [1.29, 1.82) is 0 Å². The number of anilines is 1. The molecule has 0 spiro atoms. The number of hydrogen-bond acceptors (Lipinski definition) is 4. The van der Waals surface area contributed by atoms with E-state index in [2.05, 4.69) is 10.3 Å². The average molecular weight is 342 g/mol. The molecule has 2 aromatic rings. The van der Waals surface area contributed by atoms with Crippen molar-refractivity contribution in [2.75, 3.05) is 18.4 Å². The number of rotatable bonds is 4. The first-order chi connectivity index (χ1) is 12.0. The third kappa shape index (κ3) is 4.37. The van der Waals surface area contributed by atoms with Gasteiger partial charge >= 0.3 is 6.03 Å². The van der Waals surface area contributed by atoms with Gasteiger partial charge in [-0.15, -0.1) is 0 Å². The van der Waals surface area contributed by atoms with Crippen molar-refractivity contribution < 1.29 is 14.0 Å². The number of likely N-dealkylation sites (tertiary alicyclic amines) is 1. The fourth-order valence-corrected chi connectivity index (χ4v) is 3.12. The van der Waals surface area contributed by atoms with Crippen LogP contribution in [0.15, 0.2) is 34.9 Å². The number of nitrogens with zero attached hydrogens (tertiary/aromatic N) is 2. The van der Waals surface area contributed by atoms with E-state index < -0.39 is 0 Å². The van der Waals surface area contributed by atoms with Crippen LogP contribution in [0.3, 0.4) is 0 Å². The summed E-state index contributed by atoms with van der Waals surface area (Å²) in [5.41, 5.74) is 7.55. The van der Waals surface area contributed by atoms with Crippen LogP contribution in [0.5, 0.6) is 0 Å². The number of aromatic nitrogens is 1. The summed E-state index contributed by atoms with van der Waals surface area (Å²) in [4.78, 5) is 29.6. The molecule has 0 saturated carbocycles. The van der Waals surface area contributed by atoms with Crippen LogP contribution in [-0.2, 0) is 4.79 Å². The Bertz CT molecular complexity index is 771. The van der Waals surface area contributed by atoms with Crippen LogP contribution in [-0.4, -0.2) is 34.9 Å². The molecule has 132 valence electrons. The van der Waals surface area contributed by atoms with Gasteiger partial charge < -0.3 is 20.4 Å².